The lowest BCUT2D eigenvalue weighted by molar-refractivity contribution is -0.274. The Morgan fingerprint density at radius 2 is 1.47 bits per heavy atom. The Hall–Kier alpha value is -2.99. The molecule has 1 N–H and O–H groups in total. The molecule has 2 aromatic rings. The number of nitrogens with zero attached hydrogens (tertiary/aromatic N) is 1. The Labute approximate surface area is 198 Å². The van der Waals surface area contributed by atoms with Crippen LogP contribution < -0.4 is 4.74 Å². The summed E-state index contributed by atoms with van der Waals surface area (Å²) in [5, 5.41) is 20.4. The average molecular weight is 496 g/mol. The van der Waals surface area contributed by atoms with Gasteiger partial charge in [0.2, 0.25) is 0 Å². The Kier molecular flexibility index (Phi) is 7.48. The van der Waals surface area contributed by atoms with Gasteiger partial charge in [0.1, 0.15) is 22.5 Å². The first kappa shape index (κ1) is 27.3. The number of allylic oxidation sites excluding steroid dienone is 1. The maximum atomic E-state index is 12.9. The van der Waals surface area contributed by atoms with Crippen molar-refractivity contribution in [3.63, 3.8) is 0 Å². The van der Waals surface area contributed by atoms with Crippen LogP contribution in [0.4, 0.5) is 13.2 Å². The van der Waals surface area contributed by atoms with E-state index in [1.54, 1.807) is 18.2 Å². The van der Waals surface area contributed by atoms with Crippen molar-refractivity contribution < 1.29 is 31.4 Å². The van der Waals surface area contributed by atoms with Gasteiger partial charge in [-0.15, -0.1) is 13.2 Å². The van der Waals surface area contributed by atoms with Gasteiger partial charge in [-0.25, -0.2) is 8.42 Å². The van der Waals surface area contributed by atoms with Gasteiger partial charge in [0.15, 0.2) is 9.84 Å². The number of hydrogen-bond acceptors (Lipinski definition) is 5. The molecule has 0 saturated heterocycles. The van der Waals surface area contributed by atoms with Crippen LogP contribution in [0.2, 0.25) is 0 Å². The van der Waals surface area contributed by atoms with Crippen LogP contribution in [0, 0.1) is 11.3 Å². The van der Waals surface area contributed by atoms with E-state index in [2.05, 4.69) is 4.74 Å². The van der Waals surface area contributed by atoms with Gasteiger partial charge in [0, 0.05) is 11.1 Å². The van der Waals surface area contributed by atoms with Crippen molar-refractivity contribution in [2.45, 2.75) is 64.5 Å². The molecule has 0 aliphatic carbocycles. The zero-order chi connectivity index (χ0) is 26.1. The number of benzene rings is 2. The third-order valence-electron chi connectivity index (χ3n) is 5.00. The van der Waals surface area contributed by atoms with Crippen molar-refractivity contribution in [1.82, 2.24) is 0 Å². The number of nitriles is 1. The lowest BCUT2D eigenvalue weighted by Gasteiger charge is -2.28. The highest BCUT2D eigenvalue weighted by Gasteiger charge is 2.31. The summed E-state index contributed by atoms with van der Waals surface area (Å²) in [6, 6.07) is 9.45. The Balaban J connectivity index is 2.48. The molecule has 34 heavy (non-hydrogen) atoms. The maximum Gasteiger partial charge on any atom is 0.573 e. The molecule has 0 saturated carbocycles. The van der Waals surface area contributed by atoms with Gasteiger partial charge in [0.05, 0.1) is 5.75 Å². The molecule has 5 nitrogen and oxygen atoms in total. The van der Waals surface area contributed by atoms with Crippen LogP contribution in [0.25, 0.3) is 6.08 Å². The molecule has 0 radical (unpaired) electrons. The molecule has 0 unspecified atom stereocenters. The molecule has 184 valence electrons. The van der Waals surface area contributed by atoms with Crippen molar-refractivity contribution in [3.05, 3.63) is 63.6 Å². The Morgan fingerprint density at radius 1 is 1.00 bits per heavy atom. The minimum absolute atomic E-state index is 0.125. The number of halogens is 3. The Bertz CT molecular complexity index is 1190. The van der Waals surface area contributed by atoms with Gasteiger partial charge in [0.25, 0.3) is 0 Å². The van der Waals surface area contributed by atoms with Gasteiger partial charge < -0.3 is 9.84 Å². The topological polar surface area (TPSA) is 87.4 Å². The van der Waals surface area contributed by atoms with Crippen LogP contribution in [0.1, 0.15) is 63.8 Å². The second-order valence-electron chi connectivity index (χ2n) is 10.0. The molecule has 0 spiro atoms. The van der Waals surface area contributed by atoms with E-state index in [-0.39, 0.29) is 11.3 Å². The van der Waals surface area contributed by atoms with Gasteiger partial charge in [-0.05, 0) is 52.3 Å². The fourth-order valence-corrected chi connectivity index (χ4v) is 4.55. The molecule has 9 heteroatoms. The smallest absolute Gasteiger partial charge is 0.507 e. The number of hydrogen-bond donors (Lipinski definition) is 1. The van der Waals surface area contributed by atoms with E-state index >= 15 is 0 Å². The minimum Gasteiger partial charge on any atom is -0.507 e. The van der Waals surface area contributed by atoms with Crippen LogP contribution in [0.3, 0.4) is 0 Å². The monoisotopic (exact) mass is 495 g/mol. The number of rotatable bonds is 5. The number of phenolic OH excluding ortho intramolecular Hbond substituents is 1. The SMILES string of the molecule is CC(C)(C)c1cc(/C=C(/C#N)S(=O)(=O)Cc2ccc(OC(F)(F)F)cc2)cc(C(C)(C)C)c1O. The quantitative estimate of drug-likeness (QED) is 0.487. The van der Waals surface area contributed by atoms with E-state index in [0.29, 0.717) is 16.7 Å². The first-order chi connectivity index (χ1) is 15.3. The van der Waals surface area contributed by atoms with E-state index in [1.165, 1.54) is 18.2 Å². The van der Waals surface area contributed by atoms with Crippen molar-refractivity contribution in [2.75, 3.05) is 0 Å². The molecule has 0 bridgehead atoms. The standard InChI is InChI=1S/C25H28F3NO4S/c1-23(2,3)20-12-17(13-21(22(20)30)24(4,5)6)11-19(14-29)34(31,32)15-16-7-9-18(10-8-16)33-25(26,27)28/h7-13,30H,15H2,1-6H3/b19-11-. The third-order valence-corrected chi connectivity index (χ3v) is 6.60. The van der Waals surface area contributed by atoms with Gasteiger partial charge in [-0.3, -0.25) is 0 Å². The lowest BCUT2D eigenvalue weighted by atomic mass is 9.78. The van der Waals surface area contributed by atoms with Gasteiger partial charge >= 0.3 is 6.36 Å². The highest BCUT2D eigenvalue weighted by molar-refractivity contribution is 7.95. The summed E-state index contributed by atoms with van der Waals surface area (Å²) in [4.78, 5) is -0.492. The number of aromatic hydroxyl groups is 1. The molecule has 2 rings (SSSR count). The highest BCUT2D eigenvalue weighted by Crippen LogP contribution is 2.40. The summed E-state index contributed by atoms with van der Waals surface area (Å²) in [6.07, 6.45) is -3.60. The lowest BCUT2D eigenvalue weighted by Crippen LogP contribution is -2.17. The average Bonchev–Trinajstić information content (AvgIpc) is 2.65. The fourth-order valence-electron chi connectivity index (χ4n) is 3.31. The number of phenols is 1. The van der Waals surface area contributed by atoms with Crippen molar-refractivity contribution >= 4 is 15.9 Å². The number of sulfone groups is 1. The number of ether oxygens (including phenoxy) is 1. The largest absolute Gasteiger partial charge is 0.573 e. The zero-order valence-electron chi connectivity index (χ0n) is 19.9. The van der Waals surface area contributed by atoms with Crippen LogP contribution >= 0.6 is 0 Å². The molecule has 0 heterocycles. The molecule has 0 aromatic heterocycles. The fraction of sp³-hybridized carbons (Fsp3) is 0.400. The molecule has 0 aliphatic rings. The van der Waals surface area contributed by atoms with E-state index < -0.39 is 43.4 Å². The first-order valence-corrected chi connectivity index (χ1v) is 12.1. The van der Waals surface area contributed by atoms with Gasteiger partial charge in [-0.2, -0.15) is 5.26 Å². The molecule has 0 atom stereocenters. The zero-order valence-corrected chi connectivity index (χ0v) is 20.7. The van der Waals surface area contributed by atoms with Gasteiger partial charge in [-0.1, -0.05) is 53.7 Å². The molecular formula is C25H28F3NO4S. The third kappa shape index (κ3) is 7.00. The summed E-state index contributed by atoms with van der Waals surface area (Å²) < 4.78 is 66.6. The summed E-state index contributed by atoms with van der Waals surface area (Å²) in [7, 11) is -4.10. The highest BCUT2D eigenvalue weighted by atomic mass is 32.2. The summed E-state index contributed by atoms with van der Waals surface area (Å²) in [6.45, 7) is 11.5. The normalized spacial score (nSPS) is 13.5. The van der Waals surface area contributed by atoms with E-state index in [4.69, 9.17) is 0 Å². The summed E-state index contributed by atoms with van der Waals surface area (Å²) in [5.41, 5.74) is 0.982. The maximum absolute atomic E-state index is 12.9. The molecule has 0 amide bonds. The van der Waals surface area contributed by atoms with Crippen LogP contribution in [-0.2, 0) is 26.4 Å². The molecule has 2 aromatic carbocycles. The van der Waals surface area contributed by atoms with Crippen LogP contribution in [-0.4, -0.2) is 19.9 Å². The van der Waals surface area contributed by atoms with E-state index in [1.807, 2.05) is 41.5 Å². The van der Waals surface area contributed by atoms with E-state index in [9.17, 15) is 32.0 Å². The second-order valence-corrected chi connectivity index (χ2v) is 12.0. The molecule has 0 fully saturated rings. The van der Waals surface area contributed by atoms with Crippen molar-refractivity contribution in [1.29, 1.82) is 5.26 Å². The van der Waals surface area contributed by atoms with Crippen LogP contribution in [0.5, 0.6) is 11.5 Å². The van der Waals surface area contributed by atoms with Crippen molar-refractivity contribution in [2.24, 2.45) is 0 Å². The molecule has 0 aliphatic heterocycles. The number of alkyl halides is 3. The predicted molar refractivity (Wildman–Crippen MR) is 125 cm³/mol. The van der Waals surface area contributed by atoms with Crippen molar-refractivity contribution in [3.8, 4) is 17.6 Å². The summed E-state index contributed by atoms with van der Waals surface area (Å²) >= 11 is 0. The predicted octanol–water partition coefficient (Wildman–Crippen LogP) is 6.37. The van der Waals surface area contributed by atoms with Crippen LogP contribution in [0.15, 0.2) is 41.3 Å². The minimum atomic E-state index is -4.85. The second kappa shape index (κ2) is 9.34. The van der Waals surface area contributed by atoms with E-state index in [0.717, 1.165) is 12.1 Å². The Morgan fingerprint density at radius 3 is 1.85 bits per heavy atom. The summed E-state index contributed by atoms with van der Waals surface area (Å²) in [5.74, 6) is -0.924. The molecular weight excluding hydrogens is 467 g/mol. The first-order valence-electron chi connectivity index (χ1n) is 10.4.